The van der Waals surface area contributed by atoms with Gasteiger partial charge in [-0.15, -0.1) is 0 Å². The molecule has 1 fully saturated rings. The summed E-state index contributed by atoms with van der Waals surface area (Å²) >= 11 is 0. The molecule has 0 spiro atoms. The first-order valence-electron chi connectivity index (χ1n) is 33.3. The quantitative estimate of drug-likeness (QED) is 0.0194. The maximum absolute atomic E-state index is 12.7. The first-order chi connectivity index (χ1) is 41.9. The van der Waals surface area contributed by atoms with Crippen LogP contribution in [0.5, 0.6) is 0 Å². The third-order valence-corrected chi connectivity index (χ3v) is 14.4. The van der Waals surface area contributed by atoms with Crippen LogP contribution in [-0.2, 0) is 38.1 Å². The molecule has 16 heteroatoms. The molecule has 0 bridgehead atoms. The molecule has 0 saturated carbocycles. The van der Waals surface area contributed by atoms with Gasteiger partial charge in [-0.1, -0.05) is 176 Å². The van der Waals surface area contributed by atoms with Gasteiger partial charge >= 0.3 is 23.9 Å². The highest BCUT2D eigenvalue weighted by Gasteiger charge is 2.23. The third kappa shape index (κ3) is 51.5. The van der Waals surface area contributed by atoms with Gasteiger partial charge in [0.2, 0.25) is 0 Å². The van der Waals surface area contributed by atoms with Crippen molar-refractivity contribution < 1.29 is 58.6 Å². The number of allylic oxidation sites excluding steroid dienone is 16. The van der Waals surface area contributed by atoms with Crippen LogP contribution in [-0.4, -0.2) is 193 Å². The van der Waals surface area contributed by atoms with Crippen LogP contribution in [0.15, 0.2) is 97.2 Å². The van der Waals surface area contributed by atoms with Gasteiger partial charge in [-0.3, -0.25) is 38.8 Å². The SMILES string of the molecule is CCCC/C=C\C/C=C\CCC(=O)OCC(O)CN1CCCN(CC(O)COC(=O)CC/C=C\C/C=C\CCCC)CCN(CC(O)COC(=O)CC/C=C\C/C=C\CCCC)CCCN(CC(O)COC(=O)CC/C=C\C/C=C\CCCC)CC1. The predicted molar refractivity (Wildman–Crippen MR) is 349 cm³/mol. The second-order valence-corrected chi connectivity index (χ2v) is 22.7. The number of aliphatic hydroxyl groups excluding tert-OH is 4. The van der Waals surface area contributed by atoms with Gasteiger partial charge in [0.05, 0.1) is 0 Å². The molecule has 492 valence electrons. The summed E-state index contributed by atoms with van der Waals surface area (Å²) < 4.78 is 22.1. The van der Waals surface area contributed by atoms with Gasteiger partial charge in [0.15, 0.2) is 0 Å². The Morgan fingerprint density at radius 2 is 0.512 bits per heavy atom. The molecule has 4 N–H and O–H groups in total. The topological polar surface area (TPSA) is 199 Å². The fourth-order valence-electron chi connectivity index (χ4n) is 9.35. The smallest absolute Gasteiger partial charge is 0.306 e. The monoisotopic (exact) mass is 1210 g/mol. The van der Waals surface area contributed by atoms with E-state index in [1.54, 1.807) is 0 Å². The minimum absolute atomic E-state index is 0.155. The Kier molecular flexibility index (Phi) is 53.8. The molecule has 0 radical (unpaired) electrons. The summed E-state index contributed by atoms with van der Waals surface area (Å²) in [5.41, 5.74) is 0. The van der Waals surface area contributed by atoms with Crippen LogP contribution in [0.1, 0.15) is 195 Å². The van der Waals surface area contributed by atoms with Gasteiger partial charge in [0.1, 0.15) is 50.8 Å². The number of hydrogen-bond donors (Lipinski definition) is 4. The Bertz CT molecular complexity index is 1650. The van der Waals surface area contributed by atoms with Crippen molar-refractivity contribution >= 4 is 23.9 Å². The van der Waals surface area contributed by atoms with Crippen molar-refractivity contribution in [1.29, 1.82) is 0 Å². The van der Waals surface area contributed by atoms with Crippen molar-refractivity contribution in [2.45, 2.75) is 219 Å². The van der Waals surface area contributed by atoms with E-state index in [9.17, 15) is 39.6 Å². The van der Waals surface area contributed by atoms with Crippen LogP contribution < -0.4 is 0 Å². The summed E-state index contributed by atoms with van der Waals surface area (Å²) in [7, 11) is 0. The van der Waals surface area contributed by atoms with E-state index in [1.807, 2.05) is 48.6 Å². The van der Waals surface area contributed by atoms with Crippen LogP contribution in [0.4, 0.5) is 0 Å². The van der Waals surface area contributed by atoms with Crippen molar-refractivity contribution in [3.05, 3.63) is 97.2 Å². The number of ether oxygens (including phenoxy) is 4. The van der Waals surface area contributed by atoms with Gasteiger partial charge in [-0.25, -0.2) is 0 Å². The van der Waals surface area contributed by atoms with E-state index < -0.39 is 24.4 Å². The molecule has 1 rings (SSSR count). The number of esters is 4. The van der Waals surface area contributed by atoms with Gasteiger partial charge in [-0.05, 0) is 116 Å². The van der Waals surface area contributed by atoms with E-state index in [1.165, 1.54) is 25.7 Å². The number of aliphatic hydroxyl groups is 4. The zero-order valence-electron chi connectivity index (χ0n) is 54.1. The largest absolute Gasteiger partial charge is 0.463 e. The number of unbranched alkanes of at least 4 members (excludes halogenated alkanes) is 8. The van der Waals surface area contributed by atoms with E-state index in [0.29, 0.717) is 90.9 Å². The molecule has 0 aliphatic carbocycles. The molecule has 86 heavy (non-hydrogen) atoms. The minimum atomic E-state index is -0.962. The Morgan fingerprint density at radius 3 is 0.709 bits per heavy atom. The lowest BCUT2D eigenvalue weighted by atomic mass is 10.2. The molecule has 1 aliphatic heterocycles. The Balaban J connectivity index is 3.21. The highest BCUT2D eigenvalue weighted by Crippen LogP contribution is 2.11. The fraction of sp³-hybridized carbons (Fsp3) is 0.714. The molecule has 1 heterocycles. The van der Waals surface area contributed by atoms with Crippen LogP contribution in [0.3, 0.4) is 0 Å². The minimum Gasteiger partial charge on any atom is -0.463 e. The normalized spacial score (nSPS) is 16.8. The lowest BCUT2D eigenvalue weighted by Crippen LogP contribution is -2.47. The average Bonchev–Trinajstić information content (AvgIpc) is 3.67. The lowest BCUT2D eigenvalue weighted by molar-refractivity contribution is -0.148. The number of nitrogens with zero attached hydrogens (tertiary/aromatic N) is 4. The first-order valence-corrected chi connectivity index (χ1v) is 33.3. The van der Waals surface area contributed by atoms with Gasteiger partial charge in [0.25, 0.3) is 0 Å². The van der Waals surface area contributed by atoms with Gasteiger partial charge in [-0.2, -0.15) is 0 Å². The van der Waals surface area contributed by atoms with E-state index in [-0.39, 0.29) is 102 Å². The molecule has 0 aromatic carbocycles. The third-order valence-electron chi connectivity index (χ3n) is 14.4. The predicted octanol–water partition coefficient (Wildman–Crippen LogP) is 11.5. The molecule has 0 amide bonds. The second kappa shape index (κ2) is 58.2. The van der Waals surface area contributed by atoms with Gasteiger partial charge < -0.3 is 39.4 Å². The van der Waals surface area contributed by atoms with E-state index in [2.05, 4.69) is 95.9 Å². The number of carbonyl (C=O) groups is 4. The standard InChI is InChI=1S/C70H120N4O12/c1-5-9-13-17-21-25-29-33-37-43-67(79)83-59-63(75)55-71-47-41-48-73(57-65(77)61-85-69(81)45-39-35-31-27-23-19-15-11-7-3)53-54-74(58-66(78)62-86-70(82)46-40-36-32-28-24-20-16-12-8-4)50-42-49-72(52-51-71)56-64(76)60-84-68(80)44-38-34-30-26-22-18-14-10-6-2/h17-24,29-36,63-66,75-78H,5-16,25-28,37-62H2,1-4H3/b21-17-,22-18-,23-19-,24-20-,33-29-,34-30-,35-31-,36-32-. The van der Waals surface area contributed by atoms with Crippen molar-refractivity contribution in [1.82, 2.24) is 19.6 Å². The molecule has 0 aromatic rings. The summed E-state index contributed by atoms with van der Waals surface area (Å²) in [6.07, 6.45) is 50.7. The van der Waals surface area contributed by atoms with E-state index in [0.717, 1.165) is 77.0 Å². The van der Waals surface area contributed by atoms with Crippen molar-refractivity contribution in [3.8, 4) is 0 Å². The van der Waals surface area contributed by atoms with Gasteiger partial charge in [0, 0.05) is 78.0 Å². The molecule has 4 unspecified atom stereocenters. The van der Waals surface area contributed by atoms with Crippen LogP contribution in [0.25, 0.3) is 0 Å². The van der Waals surface area contributed by atoms with E-state index in [4.69, 9.17) is 18.9 Å². The van der Waals surface area contributed by atoms with Crippen molar-refractivity contribution in [2.75, 3.05) is 105 Å². The summed E-state index contributed by atoms with van der Waals surface area (Å²) in [6.45, 7) is 13.1. The number of hydrogen-bond acceptors (Lipinski definition) is 16. The molecule has 1 saturated heterocycles. The molecule has 4 atom stereocenters. The number of carbonyl (C=O) groups excluding carboxylic acids is 4. The van der Waals surface area contributed by atoms with Crippen LogP contribution in [0, 0.1) is 0 Å². The molecule has 1 aliphatic rings. The Morgan fingerprint density at radius 1 is 0.314 bits per heavy atom. The summed E-state index contributed by atoms with van der Waals surface area (Å²) in [6, 6.07) is 0. The molecule has 16 nitrogen and oxygen atoms in total. The summed E-state index contributed by atoms with van der Waals surface area (Å²) in [4.78, 5) is 59.4. The van der Waals surface area contributed by atoms with Crippen LogP contribution in [0.2, 0.25) is 0 Å². The number of β-amino-alcohol motifs (C(OH)–C–C–N with tert-alkyl or cyclic N) is 4. The Labute approximate surface area is 521 Å². The maximum Gasteiger partial charge on any atom is 0.306 e. The van der Waals surface area contributed by atoms with Crippen LogP contribution >= 0.6 is 0 Å². The Hall–Kier alpha value is -4.52. The maximum atomic E-state index is 12.7. The lowest BCUT2D eigenvalue weighted by Gasteiger charge is -2.34. The zero-order chi connectivity index (χ0) is 62.8. The summed E-state index contributed by atoms with van der Waals surface area (Å²) in [5, 5.41) is 45.2. The molecule has 0 aromatic heterocycles. The zero-order valence-corrected chi connectivity index (χ0v) is 54.1. The number of rotatable bonds is 48. The van der Waals surface area contributed by atoms with E-state index >= 15 is 0 Å². The van der Waals surface area contributed by atoms with Crippen molar-refractivity contribution in [2.24, 2.45) is 0 Å². The fourth-order valence-corrected chi connectivity index (χ4v) is 9.35. The molecular formula is C70H120N4O12. The highest BCUT2D eigenvalue weighted by molar-refractivity contribution is 5.70. The first kappa shape index (κ1) is 79.5. The van der Waals surface area contributed by atoms with Crippen molar-refractivity contribution in [3.63, 3.8) is 0 Å². The molecular weight excluding hydrogens is 1090 g/mol. The summed E-state index contributed by atoms with van der Waals surface area (Å²) in [5.74, 6) is -1.51. The second-order valence-electron chi connectivity index (χ2n) is 22.7. The average molecular weight is 1210 g/mol. The highest BCUT2D eigenvalue weighted by atomic mass is 16.6.